The van der Waals surface area contributed by atoms with E-state index in [1.165, 1.54) is 64.2 Å². The van der Waals surface area contributed by atoms with Gasteiger partial charge in [0.25, 0.3) is 0 Å². The normalized spacial score (nSPS) is 16.0. The summed E-state index contributed by atoms with van der Waals surface area (Å²) in [6, 6.07) is 0. The molecule has 0 unspecified atom stereocenters. The summed E-state index contributed by atoms with van der Waals surface area (Å²) in [5, 5.41) is 2.76. The number of halogens is 16. The van der Waals surface area contributed by atoms with Crippen molar-refractivity contribution < 1.29 is 94.5 Å². The zero-order chi connectivity index (χ0) is 48.0. The molecule has 4 aromatic rings. The van der Waals surface area contributed by atoms with Gasteiger partial charge in [-0.05, 0) is 39.5 Å². The van der Waals surface area contributed by atoms with Crippen molar-refractivity contribution in [2.75, 3.05) is 28.4 Å². The number of rotatable bonds is 10. The van der Waals surface area contributed by atoms with Crippen LogP contribution in [0.15, 0.2) is 0 Å². The van der Waals surface area contributed by atoms with Gasteiger partial charge in [-0.25, -0.2) is 52.7 Å². The molecule has 0 heterocycles. The van der Waals surface area contributed by atoms with E-state index in [-0.39, 0.29) is 28.4 Å². The Bertz CT molecular complexity index is 2150. The van der Waals surface area contributed by atoms with Crippen LogP contribution in [0.25, 0.3) is 0 Å². The monoisotopic (exact) mass is 937 g/mol. The van der Waals surface area contributed by atoms with E-state index in [9.17, 15) is 17.6 Å². The second-order valence-corrected chi connectivity index (χ2v) is 16.3. The number of methoxy groups -OCH3 is 4. The van der Waals surface area contributed by atoms with Crippen LogP contribution < -0.4 is 46.1 Å². The van der Waals surface area contributed by atoms with Crippen LogP contribution in [0.1, 0.15) is 78.1 Å². The second kappa shape index (κ2) is 18.8. The molecule has 0 atom stereocenters. The first kappa shape index (κ1) is 50.0. The Hall–Kier alpha value is -5.02. The largest absolute Gasteiger partial charge is 0.491 e. The summed E-state index contributed by atoms with van der Waals surface area (Å²) in [5.74, 6) is -57.2. The second-order valence-electron chi connectivity index (χ2n) is 16.3. The third-order valence-corrected chi connectivity index (χ3v) is 12.3. The van der Waals surface area contributed by atoms with Crippen molar-refractivity contribution in [2.45, 2.75) is 89.1 Å². The third-order valence-electron chi connectivity index (χ3n) is 12.3. The lowest BCUT2D eigenvalue weighted by molar-refractivity contribution is -0.789. The summed E-state index contributed by atoms with van der Waals surface area (Å²) in [6.45, 7) is 5.01. The lowest BCUT2D eigenvalue weighted by Gasteiger charge is -2.45. The standard InChI is InChI=1S/C28H12BF16O4.C14H27N/c1-46-25-13(34)5(9(30)17(38)21(25)42)29(6-10(31)18(39)22(43)26(47-2)14(6)35,7-11(32)19(40)23(44)27(48-3)15(7)36)8-12(33)20(41)24(45)28(49-4)16(8)37;1-13(9-5-3-6-10-13)15-14(2)11-7-4-8-12-14/h1-4H3;15H,3-12H2,1-2H3/q-1;/p+1. The van der Waals surface area contributed by atoms with Crippen molar-refractivity contribution >= 4 is 28.0 Å². The maximum Gasteiger partial charge on any atom is 0.206 e. The molecule has 2 saturated carbocycles. The first-order valence-electron chi connectivity index (χ1n) is 19.6. The molecular weight excluding hydrogens is 897 g/mol. The molecule has 2 aliphatic carbocycles. The van der Waals surface area contributed by atoms with E-state index < -0.39 is 144 Å². The van der Waals surface area contributed by atoms with Crippen LogP contribution in [0.5, 0.6) is 23.0 Å². The molecule has 0 spiro atoms. The molecule has 0 aliphatic heterocycles. The van der Waals surface area contributed by atoms with Gasteiger partial charge in [0, 0.05) is 25.7 Å². The number of ether oxygens (including phenoxy) is 4. The zero-order valence-electron chi connectivity index (χ0n) is 34.9. The van der Waals surface area contributed by atoms with Crippen molar-refractivity contribution in [3.63, 3.8) is 0 Å². The van der Waals surface area contributed by atoms with Crippen LogP contribution in [0.2, 0.25) is 0 Å². The van der Waals surface area contributed by atoms with Gasteiger partial charge in [0.05, 0.1) is 39.5 Å². The Morgan fingerprint density at radius 2 is 0.516 bits per heavy atom. The number of quaternary nitrogens is 1. The number of nitrogens with two attached hydrogens (primary N) is 1. The fourth-order valence-electron chi connectivity index (χ4n) is 9.47. The van der Waals surface area contributed by atoms with Crippen molar-refractivity contribution in [1.29, 1.82) is 0 Å². The highest BCUT2D eigenvalue weighted by molar-refractivity contribution is 7.20. The van der Waals surface area contributed by atoms with Gasteiger partial charge in [-0.2, -0.15) is 17.6 Å². The average molecular weight is 938 g/mol. The molecule has 0 amide bonds. The van der Waals surface area contributed by atoms with Crippen molar-refractivity contribution in [3.05, 3.63) is 93.1 Å². The van der Waals surface area contributed by atoms with E-state index in [2.05, 4.69) is 38.1 Å². The number of hydrogen-bond acceptors (Lipinski definition) is 4. The topological polar surface area (TPSA) is 53.5 Å². The fourth-order valence-corrected chi connectivity index (χ4v) is 9.47. The zero-order valence-corrected chi connectivity index (χ0v) is 34.9. The minimum Gasteiger partial charge on any atom is -0.491 e. The molecule has 352 valence electrons. The Balaban J connectivity index is 0.000000430. The minimum atomic E-state index is -6.61. The highest BCUT2D eigenvalue weighted by Crippen LogP contribution is 2.37. The van der Waals surface area contributed by atoms with Gasteiger partial charge in [-0.3, -0.25) is 0 Å². The Morgan fingerprint density at radius 3 is 0.703 bits per heavy atom. The predicted molar refractivity (Wildman–Crippen MR) is 200 cm³/mol. The lowest BCUT2D eigenvalue weighted by atomic mass is 9.12. The van der Waals surface area contributed by atoms with Crippen molar-refractivity contribution in [3.8, 4) is 23.0 Å². The molecule has 5 nitrogen and oxygen atoms in total. The van der Waals surface area contributed by atoms with Gasteiger partial charge in [-0.1, -0.05) is 12.8 Å². The van der Waals surface area contributed by atoms with E-state index in [1.54, 1.807) is 0 Å². The molecule has 22 heteroatoms. The minimum absolute atomic E-state index is 0.266. The van der Waals surface area contributed by atoms with E-state index in [4.69, 9.17) is 0 Å². The van der Waals surface area contributed by atoms with Gasteiger partial charge < -0.3 is 24.3 Å². The third kappa shape index (κ3) is 8.05. The Morgan fingerprint density at radius 1 is 0.312 bits per heavy atom. The van der Waals surface area contributed by atoms with Crippen LogP contribution in [-0.2, 0) is 0 Å². The Kier molecular flexibility index (Phi) is 14.7. The van der Waals surface area contributed by atoms with E-state index in [0.717, 1.165) is 0 Å². The van der Waals surface area contributed by atoms with Crippen LogP contribution in [0.3, 0.4) is 0 Å². The summed E-state index contributed by atoms with van der Waals surface area (Å²) in [6.07, 6.45) is 7.97. The molecule has 2 fully saturated rings. The smallest absolute Gasteiger partial charge is 0.206 e. The molecule has 64 heavy (non-hydrogen) atoms. The molecule has 0 aromatic heterocycles. The van der Waals surface area contributed by atoms with Gasteiger partial charge in [0.2, 0.25) is 23.3 Å². The molecule has 6 rings (SSSR count). The summed E-state index contributed by atoms with van der Waals surface area (Å²) in [5.41, 5.74) is -10.7. The average Bonchev–Trinajstić information content (AvgIpc) is 3.24. The van der Waals surface area contributed by atoms with E-state index in [1.807, 2.05) is 0 Å². The van der Waals surface area contributed by atoms with Crippen LogP contribution in [0.4, 0.5) is 70.2 Å². The molecule has 0 bridgehead atoms. The van der Waals surface area contributed by atoms with Crippen LogP contribution in [-0.4, -0.2) is 45.7 Å². The lowest BCUT2D eigenvalue weighted by Crippen LogP contribution is -3.05. The van der Waals surface area contributed by atoms with Crippen molar-refractivity contribution in [2.24, 2.45) is 0 Å². The van der Waals surface area contributed by atoms with E-state index in [0.29, 0.717) is 11.1 Å². The summed E-state index contributed by atoms with van der Waals surface area (Å²) in [7, 11) is 1.07. The van der Waals surface area contributed by atoms with Gasteiger partial charge >= 0.3 is 0 Å². The summed E-state index contributed by atoms with van der Waals surface area (Å²) < 4.78 is 266. The fraction of sp³-hybridized carbons (Fsp3) is 0.429. The highest BCUT2D eigenvalue weighted by Gasteiger charge is 2.52. The SMILES string of the molecule is CC1([NH2+]C2(C)CCCCC2)CCCCC1.COc1c(F)c(F)c(F)c([B-](c2c(F)c(F)c(F)c(OC)c2F)(c2c(F)c(F)c(F)c(OC)c2F)c2c(F)c(F)c(F)c(OC)c2F)c1F. The van der Waals surface area contributed by atoms with Crippen molar-refractivity contribution in [1.82, 2.24) is 0 Å². The van der Waals surface area contributed by atoms with Crippen LogP contribution >= 0.6 is 0 Å². The Labute approximate surface area is 355 Å². The highest BCUT2D eigenvalue weighted by atomic mass is 19.2. The molecular formula is C42H40BF16NO4. The van der Waals surface area contributed by atoms with Gasteiger partial charge in [-0.15, -0.1) is 21.9 Å². The maximum absolute atomic E-state index is 16.3. The van der Waals surface area contributed by atoms with Gasteiger partial charge in [0.1, 0.15) is 52.7 Å². The molecule has 2 N–H and O–H groups in total. The molecule has 4 aromatic carbocycles. The van der Waals surface area contributed by atoms with E-state index >= 15 is 52.7 Å². The molecule has 0 saturated heterocycles. The molecule has 2 aliphatic rings. The quantitative estimate of drug-likeness (QED) is 0.0753. The summed E-state index contributed by atoms with van der Waals surface area (Å²) in [4.78, 5) is 0. The number of hydrogen-bond donors (Lipinski definition) is 1. The summed E-state index contributed by atoms with van der Waals surface area (Å²) >= 11 is 0. The predicted octanol–water partition coefficient (Wildman–Crippen LogP) is 8.32. The van der Waals surface area contributed by atoms with Gasteiger partial charge in [0.15, 0.2) is 46.3 Å². The van der Waals surface area contributed by atoms with Crippen LogP contribution in [0, 0.1) is 93.1 Å². The molecule has 0 radical (unpaired) electrons. The maximum atomic E-state index is 16.3. The first-order chi connectivity index (χ1) is 30.0. The first-order valence-corrected chi connectivity index (χ1v) is 19.6. The number of benzene rings is 4.